The number of pyridine rings is 1. The minimum Gasteiger partial charge on any atom is -0.465 e. The second-order valence-corrected chi connectivity index (χ2v) is 6.91. The third-order valence-corrected chi connectivity index (χ3v) is 4.86. The van der Waals surface area contributed by atoms with E-state index in [9.17, 15) is 4.79 Å². The fraction of sp³-hybridized carbons (Fsp3) is 0.105. The van der Waals surface area contributed by atoms with Crippen molar-refractivity contribution in [3.05, 3.63) is 65.9 Å². The van der Waals surface area contributed by atoms with E-state index in [1.54, 1.807) is 0 Å². The zero-order valence-corrected chi connectivity index (χ0v) is 15.9. The van der Waals surface area contributed by atoms with Gasteiger partial charge in [0.05, 0.1) is 12.7 Å². The zero-order valence-electron chi connectivity index (χ0n) is 14.3. The first-order valence-electron chi connectivity index (χ1n) is 7.86. The molecule has 132 valence electrons. The van der Waals surface area contributed by atoms with Crippen LogP contribution in [0.4, 0.5) is 10.8 Å². The summed E-state index contributed by atoms with van der Waals surface area (Å²) in [6.07, 6.45) is 0. The molecule has 2 N–H and O–H groups in total. The number of esters is 1. The summed E-state index contributed by atoms with van der Waals surface area (Å²) in [5.74, 6) is 0.226. The van der Waals surface area contributed by atoms with Gasteiger partial charge in [0.2, 0.25) is 0 Å². The molecule has 0 aliphatic heterocycles. The van der Waals surface area contributed by atoms with Crippen LogP contribution in [0.25, 0.3) is 10.4 Å². The van der Waals surface area contributed by atoms with Crippen LogP contribution in [0, 0.1) is 6.92 Å². The smallest absolute Gasteiger partial charge is 0.340 e. The number of thiophene rings is 1. The number of carbonyl (C=O) groups excluding carboxylic acids is 1. The van der Waals surface area contributed by atoms with Gasteiger partial charge in [0.1, 0.15) is 10.8 Å². The average molecular weight is 383 g/mol. The van der Waals surface area contributed by atoms with Crippen LogP contribution >= 0.6 is 23.6 Å². The SMILES string of the molecule is COC(=O)c1cc(-c2ccccc2)sc1NC(=S)Nc1cccc(C)n1. The Morgan fingerprint density at radius 2 is 1.88 bits per heavy atom. The number of hydrogen-bond donors (Lipinski definition) is 2. The number of methoxy groups -OCH3 is 1. The van der Waals surface area contributed by atoms with Gasteiger partial charge in [-0.2, -0.15) is 0 Å². The summed E-state index contributed by atoms with van der Waals surface area (Å²) in [6, 6.07) is 17.3. The largest absolute Gasteiger partial charge is 0.465 e. The van der Waals surface area contributed by atoms with Crippen molar-refractivity contribution in [2.45, 2.75) is 6.92 Å². The first-order chi connectivity index (χ1) is 12.6. The summed E-state index contributed by atoms with van der Waals surface area (Å²) < 4.78 is 4.89. The Labute approximate surface area is 161 Å². The molecule has 7 heteroatoms. The highest BCUT2D eigenvalue weighted by Gasteiger charge is 2.18. The van der Waals surface area contributed by atoms with Gasteiger partial charge in [0.15, 0.2) is 5.11 Å². The second kappa shape index (κ2) is 8.07. The average Bonchev–Trinajstić information content (AvgIpc) is 3.05. The Kier molecular flexibility index (Phi) is 5.60. The van der Waals surface area contributed by atoms with Crippen LogP contribution in [0.3, 0.4) is 0 Å². The normalized spacial score (nSPS) is 10.2. The van der Waals surface area contributed by atoms with E-state index >= 15 is 0 Å². The van der Waals surface area contributed by atoms with Gasteiger partial charge in [0, 0.05) is 10.6 Å². The number of carbonyl (C=O) groups is 1. The molecule has 2 aromatic heterocycles. The van der Waals surface area contributed by atoms with Crippen molar-refractivity contribution in [1.82, 2.24) is 4.98 Å². The van der Waals surface area contributed by atoms with E-state index in [0.717, 1.165) is 16.1 Å². The standard InChI is InChI=1S/C19H17N3O2S2/c1-12-7-6-10-16(20-12)21-19(25)22-17-14(18(23)24-2)11-15(26-17)13-8-4-3-5-9-13/h3-11H,1-2H3,(H2,20,21,22,25). The van der Waals surface area contributed by atoms with E-state index in [1.165, 1.54) is 18.4 Å². The van der Waals surface area contributed by atoms with Crippen LogP contribution < -0.4 is 10.6 Å². The molecule has 26 heavy (non-hydrogen) atoms. The first kappa shape index (κ1) is 18.0. The number of ether oxygens (including phenoxy) is 1. The van der Waals surface area contributed by atoms with E-state index < -0.39 is 5.97 Å². The summed E-state index contributed by atoms with van der Waals surface area (Å²) in [5, 5.41) is 7.09. The van der Waals surface area contributed by atoms with Crippen molar-refractivity contribution in [2.75, 3.05) is 17.7 Å². The lowest BCUT2D eigenvalue weighted by atomic mass is 10.1. The molecule has 0 aliphatic rings. The lowest BCUT2D eigenvalue weighted by Crippen LogP contribution is -2.20. The number of aromatic nitrogens is 1. The fourth-order valence-corrected chi connectivity index (χ4v) is 3.68. The lowest BCUT2D eigenvalue weighted by Gasteiger charge is -2.10. The molecule has 0 saturated carbocycles. The molecule has 0 saturated heterocycles. The maximum atomic E-state index is 12.1. The number of hydrogen-bond acceptors (Lipinski definition) is 5. The molecule has 5 nitrogen and oxygen atoms in total. The molecule has 1 aromatic carbocycles. The maximum absolute atomic E-state index is 12.1. The Morgan fingerprint density at radius 1 is 1.12 bits per heavy atom. The summed E-state index contributed by atoms with van der Waals surface area (Å²) in [4.78, 5) is 17.4. The van der Waals surface area contributed by atoms with E-state index in [4.69, 9.17) is 17.0 Å². The number of anilines is 2. The molecule has 0 unspecified atom stereocenters. The van der Waals surface area contributed by atoms with Crippen LogP contribution in [0.1, 0.15) is 16.1 Å². The summed E-state index contributed by atoms with van der Waals surface area (Å²) in [6.45, 7) is 1.91. The Hall–Kier alpha value is -2.77. The number of nitrogens with one attached hydrogen (secondary N) is 2. The van der Waals surface area contributed by atoms with Crippen LogP contribution in [-0.2, 0) is 4.74 Å². The third-order valence-electron chi connectivity index (χ3n) is 3.55. The van der Waals surface area contributed by atoms with E-state index in [1.807, 2.05) is 61.5 Å². The monoisotopic (exact) mass is 383 g/mol. The second-order valence-electron chi connectivity index (χ2n) is 5.45. The highest BCUT2D eigenvalue weighted by Crippen LogP contribution is 2.35. The zero-order chi connectivity index (χ0) is 18.5. The number of thiocarbonyl (C=S) groups is 1. The minimum atomic E-state index is -0.414. The van der Waals surface area contributed by atoms with E-state index in [0.29, 0.717) is 21.5 Å². The summed E-state index contributed by atoms with van der Waals surface area (Å²) >= 11 is 6.80. The third kappa shape index (κ3) is 4.25. The molecule has 0 fully saturated rings. The Morgan fingerprint density at radius 3 is 2.58 bits per heavy atom. The fourth-order valence-electron chi connectivity index (χ4n) is 2.35. The van der Waals surface area contributed by atoms with E-state index in [-0.39, 0.29) is 0 Å². The molecule has 0 radical (unpaired) electrons. The van der Waals surface area contributed by atoms with Crippen molar-refractivity contribution in [3.8, 4) is 10.4 Å². The minimum absolute atomic E-state index is 0.356. The number of benzene rings is 1. The van der Waals surface area contributed by atoms with Crippen LogP contribution in [-0.4, -0.2) is 23.2 Å². The number of rotatable bonds is 4. The summed E-state index contributed by atoms with van der Waals surface area (Å²) in [5.41, 5.74) is 2.35. The van der Waals surface area contributed by atoms with Crippen molar-refractivity contribution in [1.29, 1.82) is 0 Å². The van der Waals surface area contributed by atoms with Gasteiger partial charge >= 0.3 is 5.97 Å². The van der Waals surface area contributed by atoms with Crippen molar-refractivity contribution in [2.24, 2.45) is 0 Å². The molecule has 0 bridgehead atoms. The van der Waals surface area contributed by atoms with Crippen molar-refractivity contribution >= 4 is 45.5 Å². The van der Waals surface area contributed by atoms with Gasteiger partial charge in [0.25, 0.3) is 0 Å². The topological polar surface area (TPSA) is 63.2 Å². The van der Waals surface area contributed by atoms with E-state index in [2.05, 4.69) is 15.6 Å². The van der Waals surface area contributed by atoms with Crippen molar-refractivity contribution < 1.29 is 9.53 Å². The van der Waals surface area contributed by atoms with Gasteiger partial charge in [-0.15, -0.1) is 11.3 Å². The van der Waals surface area contributed by atoms with Gasteiger partial charge in [-0.1, -0.05) is 36.4 Å². The van der Waals surface area contributed by atoms with Gasteiger partial charge in [-0.3, -0.25) is 0 Å². The highest BCUT2D eigenvalue weighted by molar-refractivity contribution is 7.80. The van der Waals surface area contributed by atoms with Crippen molar-refractivity contribution in [3.63, 3.8) is 0 Å². The maximum Gasteiger partial charge on any atom is 0.340 e. The predicted molar refractivity (Wildman–Crippen MR) is 110 cm³/mol. The molecule has 0 spiro atoms. The molecule has 0 atom stereocenters. The summed E-state index contributed by atoms with van der Waals surface area (Å²) in [7, 11) is 1.36. The molecule has 3 aromatic rings. The van der Waals surface area contributed by atoms with Gasteiger partial charge in [-0.25, -0.2) is 9.78 Å². The Bertz CT molecular complexity index is 939. The molecule has 2 heterocycles. The highest BCUT2D eigenvalue weighted by atomic mass is 32.1. The van der Waals surface area contributed by atoms with Gasteiger partial charge in [-0.05, 0) is 42.9 Å². The lowest BCUT2D eigenvalue weighted by molar-refractivity contribution is 0.0602. The van der Waals surface area contributed by atoms with Crippen LogP contribution in [0.5, 0.6) is 0 Å². The molecule has 0 aliphatic carbocycles. The molecular formula is C19H17N3O2S2. The Balaban J connectivity index is 1.84. The number of nitrogens with zero attached hydrogens (tertiary/aromatic N) is 1. The number of aryl methyl sites for hydroxylation is 1. The van der Waals surface area contributed by atoms with Crippen LogP contribution in [0.15, 0.2) is 54.6 Å². The molecule has 3 rings (SSSR count). The first-order valence-corrected chi connectivity index (χ1v) is 9.08. The van der Waals surface area contributed by atoms with Gasteiger partial charge < -0.3 is 15.4 Å². The predicted octanol–water partition coefficient (Wildman–Crippen LogP) is 4.71. The molecular weight excluding hydrogens is 366 g/mol. The molecule has 0 amide bonds. The van der Waals surface area contributed by atoms with Crippen LogP contribution in [0.2, 0.25) is 0 Å². The quantitative estimate of drug-likeness (QED) is 0.502.